The number of rotatable bonds is 4. The van der Waals surface area contributed by atoms with Gasteiger partial charge in [-0.3, -0.25) is 0 Å². The molecule has 0 aliphatic carbocycles. The zero-order valence-corrected chi connectivity index (χ0v) is 9.58. The second-order valence-corrected chi connectivity index (χ2v) is 3.17. The van der Waals surface area contributed by atoms with Crippen LogP contribution in [0.1, 0.15) is 5.56 Å². The number of hydrogen-bond donors (Lipinski definition) is 0. The Morgan fingerprint density at radius 2 is 2.17 bits per heavy atom. The Bertz CT molecular complexity index is 466. The van der Waals surface area contributed by atoms with E-state index in [1.807, 2.05) is 0 Å². The van der Waals surface area contributed by atoms with Crippen molar-refractivity contribution in [2.45, 2.75) is 12.2 Å². The number of hydrogen-bond acceptors (Lipinski definition) is 5. The Hall–Kier alpha value is -1.77. The fraction of sp³-hybridized carbons (Fsp3) is 0.375. The number of methoxy groups -OCH3 is 1. The number of ether oxygens (including phenoxy) is 2. The minimum absolute atomic E-state index is 0.126. The molecule has 0 aliphatic heterocycles. The molecule has 0 spiro atoms. The topological polar surface area (TPSA) is 74.5 Å². The van der Waals surface area contributed by atoms with E-state index >= 15 is 0 Å². The van der Waals surface area contributed by atoms with Crippen LogP contribution in [-0.4, -0.2) is 23.4 Å². The molecule has 0 aliphatic rings. The van der Waals surface area contributed by atoms with Gasteiger partial charge in [0, 0.05) is 4.98 Å². The molecule has 0 radical (unpaired) electrons. The predicted molar refractivity (Wildman–Crippen MR) is 53.7 cm³/mol. The second-order valence-electron chi connectivity index (χ2n) is 2.90. The van der Waals surface area contributed by atoms with Gasteiger partial charge in [-0.2, -0.15) is 0 Å². The molecule has 6 nitrogen and oxygen atoms in total. The number of alkyl halides is 4. The van der Waals surface area contributed by atoms with Gasteiger partial charge in [-0.15, -0.1) is 24.8 Å². The second kappa shape index (κ2) is 5.25. The number of halogens is 4. The lowest BCUT2D eigenvalue weighted by Crippen LogP contribution is -2.18. The fourth-order valence-electron chi connectivity index (χ4n) is 1.14. The van der Waals surface area contributed by atoms with Gasteiger partial charge in [0.15, 0.2) is 0 Å². The summed E-state index contributed by atoms with van der Waals surface area (Å²) in [6, 6.07) is 0.776. The molecule has 0 aromatic carbocycles. The number of aromatic nitrogens is 1. The summed E-state index contributed by atoms with van der Waals surface area (Å²) in [5.74, 6) is -2.37. The van der Waals surface area contributed by atoms with Crippen LogP contribution in [-0.2, 0) is 5.88 Å². The molecule has 18 heavy (non-hydrogen) atoms. The summed E-state index contributed by atoms with van der Waals surface area (Å²) in [6.45, 7) is 0. The largest absolute Gasteiger partial charge is 0.575 e. The molecule has 0 fully saturated rings. The highest BCUT2D eigenvalue weighted by Gasteiger charge is 2.35. The monoisotopic (exact) mass is 286 g/mol. The van der Waals surface area contributed by atoms with Gasteiger partial charge >= 0.3 is 18.1 Å². The van der Waals surface area contributed by atoms with Crippen molar-refractivity contribution >= 4 is 17.4 Å². The van der Waals surface area contributed by atoms with E-state index in [0.29, 0.717) is 0 Å². The first-order chi connectivity index (χ1) is 8.28. The van der Waals surface area contributed by atoms with E-state index in [2.05, 4.69) is 9.72 Å². The lowest BCUT2D eigenvalue weighted by atomic mass is 10.2. The van der Waals surface area contributed by atoms with Gasteiger partial charge in [-0.1, -0.05) is 0 Å². The van der Waals surface area contributed by atoms with Crippen LogP contribution in [0.3, 0.4) is 0 Å². The molecule has 0 amide bonds. The van der Waals surface area contributed by atoms with Crippen molar-refractivity contribution in [1.29, 1.82) is 0 Å². The van der Waals surface area contributed by atoms with Crippen LogP contribution in [0.15, 0.2) is 6.07 Å². The Labute approximate surface area is 103 Å². The first kappa shape index (κ1) is 14.3. The summed E-state index contributed by atoms with van der Waals surface area (Å²) in [5.41, 5.74) is -0.126. The van der Waals surface area contributed by atoms with Gasteiger partial charge in [-0.25, -0.2) is 0 Å². The first-order valence-corrected chi connectivity index (χ1v) is 4.86. The molecular formula is C8H6ClF3N2O4. The Morgan fingerprint density at radius 1 is 1.56 bits per heavy atom. The molecule has 0 saturated carbocycles. The maximum atomic E-state index is 12.0. The molecule has 10 heteroatoms. The van der Waals surface area contributed by atoms with Gasteiger partial charge in [0.2, 0.25) is 0 Å². The minimum atomic E-state index is -5.01. The molecular weight excluding hydrogens is 281 g/mol. The average molecular weight is 287 g/mol. The van der Waals surface area contributed by atoms with Crippen molar-refractivity contribution in [1.82, 2.24) is 4.98 Å². The summed E-state index contributed by atoms with van der Waals surface area (Å²) < 4.78 is 44.2. The van der Waals surface area contributed by atoms with Crippen LogP contribution in [0.4, 0.5) is 19.0 Å². The van der Waals surface area contributed by atoms with Crippen LogP contribution >= 0.6 is 11.6 Å². The highest BCUT2D eigenvalue weighted by atomic mass is 35.5. The van der Waals surface area contributed by atoms with Gasteiger partial charge in [-0.05, 0) is 4.92 Å². The number of pyridine rings is 1. The molecule has 1 aromatic heterocycles. The van der Waals surface area contributed by atoms with Gasteiger partial charge in [0.25, 0.3) is 0 Å². The molecule has 1 aromatic rings. The Kier molecular flexibility index (Phi) is 4.17. The van der Waals surface area contributed by atoms with Gasteiger partial charge in [0.05, 0.1) is 19.1 Å². The normalized spacial score (nSPS) is 11.2. The highest BCUT2D eigenvalue weighted by Crippen LogP contribution is 2.33. The van der Waals surface area contributed by atoms with E-state index in [1.54, 1.807) is 0 Å². The van der Waals surface area contributed by atoms with Crippen molar-refractivity contribution < 1.29 is 27.6 Å². The van der Waals surface area contributed by atoms with Crippen LogP contribution in [0, 0.1) is 10.1 Å². The zero-order valence-electron chi connectivity index (χ0n) is 8.82. The third kappa shape index (κ3) is 3.36. The zero-order chi connectivity index (χ0) is 13.9. The third-order valence-corrected chi connectivity index (χ3v) is 2.05. The molecule has 100 valence electrons. The molecule has 0 saturated heterocycles. The molecule has 1 rings (SSSR count). The lowest BCUT2D eigenvalue weighted by Gasteiger charge is -2.09. The Balaban J connectivity index is 3.32. The Morgan fingerprint density at radius 3 is 2.56 bits per heavy atom. The minimum Gasteiger partial charge on any atom is -0.496 e. The molecule has 0 N–H and O–H groups in total. The van der Waals surface area contributed by atoms with E-state index in [4.69, 9.17) is 16.3 Å². The summed E-state index contributed by atoms with van der Waals surface area (Å²) in [4.78, 5) is 12.8. The van der Waals surface area contributed by atoms with Crippen LogP contribution in [0.5, 0.6) is 11.6 Å². The molecule has 0 unspecified atom stereocenters. The number of nitrogens with zero attached hydrogens (tertiary/aromatic N) is 2. The maximum Gasteiger partial charge on any atom is 0.575 e. The molecule has 0 atom stereocenters. The lowest BCUT2D eigenvalue weighted by molar-refractivity contribution is -0.390. The summed E-state index contributed by atoms with van der Waals surface area (Å²) in [6.07, 6.45) is -5.01. The summed E-state index contributed by atoms with van der Waals surface area (Å²) >= 11 is 5.46. The first-order valence-electron chi connectivity index (χ1n) is 4.32. The highest BCUT2D eigenvalue weighted by molar-refractivity contribution is 6.17. The van der Waals surface area contributed by atoms with Gasteiger partial charge in [0.1, 0.15) is 11.3 Å². The SMILES string of the molecule is COc1cc(OC(F)(F)F)nc([N+](=O)[O-])c1CCl. The van der Waals surface area contributed by atoms with Crippen LogP contribution in [0.25, 0.3) is 0 Å². The smallest absolute Gasteiger partial charge is 0.496 e. The molecule has 1 heterocycles. The van der Waals surface area contributed by atoms with Crippen molar-refractivity contribution in [2.75, 3.05) is 7.11 Å². The molecule has 0 bridgehead atoms. The van der Waals surface area contributed by atoms with Crippen molar-refractivity contribution in [3.05, 3.63) is 21.7 Å². The van der Waals surface area contributed by atoms with Crippen molar-refractivity contribution in [3.8, 4) is 11.6 Å². The fourth-order valence-corrected chi connectivity index (χ4v) is 1.39. The predicted octanol–water partition coefficient (Wildman–Crippen LogP) is 2.64. The van der Waals surface area contributed by atoms with Gasteiger partial charge < -0.3 is 19.6 Å². The maximum absolute atomic E-state index is 12.0. The quantitative estimate of drug-likeness (QED) is 0.483. The standard InChI is InChI=1S/C8H6ClF3N2O4/c1-17-5-2-6(18-8(10,11)12)13-7(14(15)16)4(5)3-9/h2H,3H2,1H3. The van der Waals surface area contributed by atoms with E-state index in [1.165, 1.54) is 0 Å². The van der Waals surface area contributed by atoms with E-state index in [9.17, 15) is 23.3 Å². The average Bonchev–Trinajstić information content (AvgIpc) is 2.25. The third-order valence-electron chi connectivity index (χ3n) is 1.78. The van der Waals surface area contributed by atoms with Crippen LogP contribution in [0.2, 0.25) is 0 Å². The van der Waals surface area contributed by atoms with E-state index < -0.39 is 23.0 Å². The number of nitro groups is 1. The van der Waals surface area contributed by atoms with E-state index in [-0.39, 0.29) is 17.2 Å². The van der Waals surface area contributed by atoms with Crippen molar-refractivity contribution in [2.24, 2.45) is 0 Å². The van der Waals surface area contributed by atoms with Crippen LogP contribution < -0.4 is 9.47 Å². The summed E-state index contributed by atoms with van der Waals surface area (Å²) in [5, 5.41) is 10.7. The van der Waals surface area contributed by atoms with Crippen molar-refractivity contribution in [3.63, 3.8) is 0 Å². The summed E-state index contributed by atoms with van der Waals surface area (Å²) in [7, 11) is 1.13. The van der Waals surface area contributed by atoms with E-state index in [0.717, 1.165) is 13.2 Å².